The van der Waals surface area contributed by atoms with Gasteiger partial charge in [0.1, 0.15) is 11.5 Å². The molecule has 2 nitrogen and oxygen atoms in total. The maximum atomic E-state index is 9.78. The Hall–Kier alpha value is -2.48. The molecule has 3 heteroatoms. The van der Waals surface area contributed by atoms with Gasteiger partial charge in [-0.1, -0.05) is 61.5 Å². The number of benzene rings is 3. The van der Waals surface area contributed by atoms with Crippen molar-refractivity contribution in [3.8, 4) is 11.5 Å². The minimum atomic E-state index is 0. The van der Waals surface area contributed by atoms with Crippen LogP contribution in [0.3, 0.4) is 0 Å². The second-order valence-electron chi connectivity index (χ2n) is 8.50. The average molecular weight is 528 g/mol. The fourth-order valence-electron chi connectivity index (χ4n) is 4.21. The summed E-state index contributed by atoms with van der Waals surface area (Å²) in [6, 6.07) is 26.3. The SMILES string of the molecule is CC/C(=C(/c1ccc(O)cc1)c1ccc(OCC[C]2[CH][CH][CH][CH]2)cc1)c1ccccc1.[CH]1[CH][CH][CH][CH]1.[Fe+2]. The van der Waals surface area contributed by atoms with Gasteiger partial charge in [-0.3, -0.25) is 0 Å². The van der Waals surface area contributed by atoms with Crippen LogP contribution >= 0.6 is 0 Å². The molecule has 2 aliphatic rings. The number of ether oxygens (including phenoxy) is 1. The van der Waals surface area contributed by atoms with Crippen molar-refractivity contribution in [1.82, 2.24) is 0 Å². The molecule has 0 atom stereocenters. The van der Waals surface area contributed by atoms with E-state index in [1.807, 2.05) is 62.4 Å². The van der Waals surface area contributed by atoms with Crippen molar-refractivity contribution in [2.75, 3.05) is 6.61 Å². The summed E-state index contributed by atoms with van der Waals surface area (Å²) in [6.45, 7) is 2.85. The van der Waals surface area contributed by atoms with E-state index in [1.165, 1.54) is 22.6 Å². The summed E-state index contributed by atoms with van der Waals surface area (Å²) in [5.74, 6) is 2.44. The standard InChI is InChI=1S/C29H27O2.C5H5.Fe/c1-2-28(23-10-4-3-5-11-23)29(24-12-16-26(30)17-13-24)25-14-18-27(19-15-25)31-21-20-22-8-6-7-9-22;1-2-4-5-3-1;/h3-19,30H,2,20-21H2,1H3;1-5H;/q;;+2/b29-28+;;. The molecule has 0 bridgehead atoms. The Morgan fingerprint density at radius 3 is 1.73 bits per heavy atom. The van der Waals surface area contributed by atoms with Crippen molar-refractivity contribution in [2.24, 2.45) is 0 Å². The predicted octanol–water partition coefficient (Wildman–Crippen LogP) is 7.95. The molecular formula is C34H32FeO2+2. The van der Waals surface area contributed by atoms with Crippen LogP contribution in [0.2, 0.25) is 0 Å². The first-order valence-electron chi connectivity index (χ1n) is 12.4. The molecule has 5 rings (SSSR count). The van der Waals surface area contributed by atoms with Gasteiger partial charge in [-0.25, -0.2) is 0 Å². The molecule has 2 aliphatic carbocycles. The third kappa shape index (κ3) is 8.80. The van der Waals surface area contributed by atoms with Crippen LogP contribution in [0.15, 0.2) is 78.9 Å². The first kappa shape index (κ1) is 29.1. The van der Waals surface area contributed by atoms with Crippen molar-refractivity contribution < 1.29 is 26.9 Å². The molecule has 3 aromatic carbocycles. The van der Waals surface area contributed by atoms with E-state index in [9.17, 15) is 5.11 Å². The van der Waals surface area contributed by atoms with Crippen LogP contribution in [-0.2, 0) is 17.1 Å². The first-order valence-corrected chi connectivity index (χ1v) is 12.4. The molecule has 2 saturated carbocycles. The van der Waals surface area contributed by atoms with Gasteiger partial charge in [-0.05, 0) is 129 Å². The fraction of sp³-hybridized carbons (Fsp3) is 0.118. The number of hydrogen-bond acceptors (Lipinski definition) is 2. The second-order valence-corrected chi connectivity index (χ2v) is 8.50. The number of phenolic OH excluding ortho intramolecular Hbond substituents is 1. The summed E-state index contributed by atoms with van der Waals surface area (Å²) in [5, 5.41) is 9.78. The van der Waals surface area contributed by atoms with Gasteiger partial charge >= 0.3 is 17.1 Å². The Bertz CT molecular complexity index is 1050. The van der Waals surface area contributed by atoms with Gasteiger partial charge in [-0.2, -0.15) is 0 Å². The molecule has 3 aromatic rings. The molecule has 0 saturated heterocycles. The minimum absolute atomic E-state index is 0. The van der Waals surface area contributed by atoms with Gasteiger partial charge < -0.3 is 9.84 Å². The zero-order chi connectivity index (χ0) is 25.0. The van der Waals surface area contributed by atoms with Crippen LogP contribution in [0.5, 0.6) is 11.5 Å². The fourth-order valence-corrected chi connectivity index (χ4v) is 4.21. The molecule has 0 unspecified atom stereocenters. The number of aromatic hydroxyl groups is 1. The first-order chi connectivity index (χ1) is 17.7. The van der Waals surface area contributed by atoms with E-state index in [0.29, 0.717) is 6.61 Å². The van der Waals surface area contributed by atoms with Gasteiger partial charge in [0.05, 0.1) is 6.61 Å². The Balaban J connectivity index is 0.000000568. The molecule has 37 heavy (non-hydrogen) atoms. The molecule has 186 valence electrons. The molecular weight excluding hydrogens is 496 g/mol. The largest absolute Gasteiger partial charge is 2.00 e. The number of hydrogen-bond donors (Lipinski definition) is 1. The van der Waals surface area contributed by atoms with E-state index < -0.39 is 0 Å². The van der Waals surface area contributed by atoms with Crippen molar-refractivity contribution in [3.05, 3.63) is 159 Å². The predicted molar refractivity (Wildman–Crippen MR) is 149 cm³/mol. The zero-order valence-electron chi connectivity index (χ0n) is 21.0. The molecule has 0 aromatic heterocycles. The van der Waals surface area contributed by atoms with Crippen molar-refractivity contribution in [2.45, 2.75) is 19.8 Å². The Morgan fingerprint density at radius 1 is 0.649 bits per heavy atom. The van der Waals surface area contributed by atoms with Gasteiger partial charge in [0.25, 0.3) is 0 Å². The van der Waals surface area contributed by atoms with Crippen LogP contribution in [0.4, 0.5) is 0 Å². The molecule has 1 N–H and O–H groups in total. The number of allylic oxidation sites excluding steroid dienone is 1. The van der Waals surface area contributed by atoms with E-state index in [4.69, 9.17) is 4.74 Å². The quantitative estimate of drug-likeness (QED) is 0.238. The van der Waals surface area contributed by atoms with Crippen molar-refractivity contribution >= 4 is 11.1 Å². The maximum Gasteiger partial charge on any atom is 2.00 e. The third-order valence-corrected chi connectivity index (χ3v) is 6.02. The summed E-state index contributed by atoms with van der Waals surface area (Å²) < 4.78 is 5.96. The van der Waals surface area contributed by atoms with E-state index in [-0.39, 0.29) is 22.8 Å². The van der Waals surface area contributed by atoms with Gasteiger partial charge in [0.15, 0.2) is 0 Å². The molecule has 0 spiro atoms. The summed E-state index contributed by atoms with van der Waals surface area (Å²) in [5.41, 5.74) is 5.88. The number of rotatable bonds is 8. The van der Waals surface area contributed by atoms with Gasteiger partial charge in [-0.15, -0.1) is 0 Å². The molecule has 10 radical (unpaired) electrons. The van der Waals surface area contributed by atoms with Gasteiger partial charge in [0, 0.05) is 0 Å². The number of phenols is 1. The minimum Gasteiger partial charge on any atom is -0.508 e. The third-order valence-electron chi connectivity index (χ3n) is 6.02. The van der Waals surface area contributed by atoms with Crippen LogP contribution < -0.4 is 4.74 Å². The van der Waals surface area contributed by atoms with E-state index in [2.05, 4.69) is 69.0 Å². The second kappa shape index (κ2) is 15.7. The maximum absolute atomic E-state index is 9.78. The molecule has 2 fully saturated rings. The van der Waals surface area contributed by atoms with E-state index in [1.54, 1.807) is 12.1 Å². The van der Waals surface area contributed by atoms with Crippen LogP contribution in [-0.4, -0.2) is 11.7 Å². The summed E-state index contributed by atoms with van der Waals surface area (Å²) >= 11 is 0. The molecule has 0 aliphatic heterocycles. The van der Waals surface area contributed by atoms with E-state index in [0.717, 1.165) is 29.7 Å². The normalized spacial score (nSPS) is 15.8. The Labute approximate surface area is 234 Å². The van der Waals surface area contributed by atoms with Gasteiger partial charge in [0.2, 0.25) is 0 Å². The van der Waals surface area contributed by atoms with Crippen molar-refractivity contribution in [1.29, 1.82) is 0 Å². The van der Waals surface area contributed by atoms with Crippen molar-refractivity contribution in [3.63, 3.8) is 0 Å². The summed E-state index contributed by atoms with van der Waals surface area (Å²) in [7, 11) is 0. The average Bonchev–Trinajstić information content (AvgIpc) is 3.67. The monoisotopic (exact) mass is 528 g/mol. The van der Waals surface area contributed by atoms with Crippen LogP contribution in [0, 0.1) is 63.7 Å². The summed E-state index contributed by atoms with van der Waals surface area (Å²) in [6.07, 6.45) is 20.2. The smallest absolute Gasteiger partial charge is 0.508 e. The van der Waals surface area contributed by atoms with Crippen LogP contribution in [0.1, 0.15) is 36.5 Å². The Kier molecular flexibility index (Phi) is 12.3. The van der Waals surface area contributed by atoms with E-state index >= 15 is 0 Å². The molecule has 0 heterocycles. The topological polar surface area (TPSA) is 29.5 Å². The zero-order valence-corrected chi connectivity index (χ0v) is 22.1. The Morgan fingerprint density at radius 2 is 1.19 bits per heavy atom. The van der Waals surface area contributed by atoms with Crippen LogP contribution in [0.25, 0.3) is 11.1 Å². The summed E-state index contributed by atoms with van der Waals surface area (Å²) in [4.78, 5) is 0. The molecule has 0 amide bonds.